The van der Waals surface area contributed by atoms with Gasteiger partial charge in [-0.25, -0.2) is 4.68 Å². The summed E-state index contributed by atoms with van der Waals surface area (Å²) in [6.45, 7) is 0.189. The fourth-order valence-electron chi connectivity index (χ4n) is 2.94. The Morgan fingerprint density at radius 3 is 2.79 bits per heavy atom. The highest BCUT2D eigenvalue weighted by Crippen LogP contribution is 2.37. The van der Waals surface area contributed by atoms with Gasteiger partial charge in [-0.3, -0.25) is 14.9 Å². The Hall–Kier alpha value is -2.99. The summed E-state index contributed by atoms with van der Waals surface area (Å²) < 4.78 is 12.3. The van der Waals surface area contributed by atoms with E-state index < -0.39 is 0 Å². The molecule has 0 saturated carbocycles. The zero-order valence-electron chi connectivity index (χ0n) is 12.2. The van der Waals surface area contributed by atoms with Crippen molar-refractivity contribution in [3.63, 3.8) is 0 Å². The molecule has 0 fully saturated rings. The van der Waals surface area contributed by atoms with Gasteiger partial charge in [0, 0.05) is 22.7 Å². The summed E-state index contributed by atoms with van der Waals surface area (Å²) in [5, 5.41) is 5.01. The van der Waals surface area contributed by atoms with Crippen LogP contribution in [0.1, 0.15) is 0 Å². The number of rotatable bonds is 1. The molecule has 24 heavy (non-hydrogen) atoms. The van der Waals surface area contributed by atoms with Crippen molar-refractivity contribution in [2.24, 2.45) is 0 Å². The Kier molecular flexibility index (Phi) is 2.66. The SMILES string of the molecule is O=c1c2cnc3cc4c(cc3c2[nH]n1-c1cccc(Cl)c1)OCO4. The minimum absolute atomic E-state index is 0.181. The van der Waals surface area contributed by atoms with E-state index in [4.69, 9.17) is 21.1 Å². The van der Waals surface area contributed by atoms with Crippen molar-refractivity contribution in [3.05, 3.63) is 58.0 Å². The molecule has 1 aliphatic heterocycles. The van der Waals surface area contributed by atoms with E-state index in [0.29, 0.717) is 33.1 Å². The molecular formula is C17H10ClN3O3. The molecular weight excluding hydrogens is 330 g/mol. The highest BCUT2D eigenvalue weighted by atomic mass is 35.5. The van der Waals surface area contributed by atoms with Crippen LogP contribution in [0.5, 0.6) is 11.5 Å². The van der Waals surface area contributed by atoms with Crippen molar-refractivity contribution in [1.29, 1.82) is 0 Å². The van der Waals surface area contributed by atoms with Crippen LogP contribution in [0.15, 0.2) is 47.4 Å². The minimum Gasteiger partial charge on any atom is -0.454 e. The van der Waals surface area contributed by atoms with Gasteiger partial charge in [-0.05, 0) is 24.3 Å². The molecule has 6 nitrogen and oxygen atoms in total. The van der Waals surface area contributed by atoms with Gasteiger partial charge in [-0.1, -0.05) is 17.7 Å². The number of aromatic amines is 1. The molecule has 4 aromatic rings. The molecule has 0 amide bonds. The van der Waals surface area contributed by atoms with E-state index in [2.05, 4.69) is 10.1 Å². The van der Waals surface area contributed by atoms with Gasteiger partial charge < -0.3 is 9.47 Å². The van der Waals surface area contributed by atoms with E-state index in [0.717, 1.165) is 10.9 Å². The van der Waals surface area contributed by atoms with Crippen LogP contribution in [0.4, 0.5) is 0 Å². The summed E-state index contributed by atoms with van der Waals surface area (Å²) >= 11 is 6.03. The van der Waals surface area contributed by atoms with Crippen LogP contribution in [0.25, 0.3) is 27.5 Å². The number of aromatic nitrogens is 3. The zero-order chi connectivity index (χ0) is 16.3. The van der Waals surface area contributed by atoms with Gasteiger partial charge in [-0.2, -0.15) is 0 Å². The van der Waals surface area contributed by atoms with Crippen LogP contribution in [0.2, 0.25) is 5.02 Å². The van der Waals surface area contributed by atoms with E-state index in [9.17, 15) is 4.79 Å². The highest BCUT2D eigenvalue weighted by molar-refractivity contribution is 6.30. The number of ether oxygens (including phenoxy) is 2. The summed E-state index contributed by atoms with van der Waals surface area (Å²) in [6, 6.07) is 10.7. The molecule has 0 spiro atoms. The molecule has 0 radical (unpaired) electrons. The summed E-state index contributed by atoms with van der Waals surface area (Å²) in [4.78, 5) is 17.1. The molecule has 7 heteroatoms. The molecule has 0 bridgehead atoms. The largest absolute Gasteiger partial charge is 0.454 e. The first kappa shape index (κ1) is 13.4. The van der Waals surface area contributed by atoms with Crippen LogP contribution in [0.3, 0.4) is 0 Å². The predicted molar refractivity (Wildman–Crippen MR) is 90.3 cm³/mol. The zero-order valence-corrected chi connectivity index (χ0v) is 13.0. The molecule has 2 aromatic carbocycles. The van der Waals surface area contributed by atoms with Gasteiger partial charge in [0.15, 0.2) is 11.5 Å². The first-order valence-corrected chi connectivity index (χ1v) is 7.67. The third-order valence-electron chi connectivity index (χ3n) is 4.09. The summed E-state index contributed by atoms with van der Waals surface area (Å²) in [7, 11) is 0. The highest BCUT2D eigenvalue weighted by Gasteiger charge is 2.18. The van der Waals surface area contributed by atoms with E-state index in [1.165, 1.54) is 4.68 Å². The van der Waals surface area contributed by atoms with E-state index in [1.807, 2.05) is 18.2 Å². The van der Waals surface area contributed by atoms with Gasteiger partial charge >= 0.3 is 0 Å². The van der Waals surface area contributed by atoms with Crippen LogP contribution in [0, 0.1) is 0 Å². The maximum atomic E-state index is 12.7. The van der Waals surface area contributed by atoms with Crippen LogP contribution < -0.4 is 15.0 Å². The minimum atomic E-state index is -0.181. The standard InChI is InChI=1S/C17H10ClN3O3/c18-9-2-1-3-10(4-9)21-17(22)12-7-19-13-6-15-14(23-8-24-15)5-11(13)16(12)20-21/h1-7,20H,8H2. The smallest absolute Gasteiger partial charge is 0.280 e. The number of H-pyrrole nitrogens is 1. The van der Waals surface area contributed by atoms with Crippen molar-refractivity contribution in [2.45, 2.75) is 0 Å². The van der Waals surface area contributed by atoms with Crippen molar-refractivity contribution in [1.82, 2.24) is 14.8 Å². The maximum Gasteiger partial charge on any atom is 0.280 e. The Morgan fingerprint density at radius 1 is 1.12 bits per heavy atom. The van der Waals surface area contributed by atoms with Crippen molar-refractivity contribution >= 4 is 33.4 Å². The molecule has 1 N–H and O–H groups in total. The molecule has 5 rings (SSSR count). The Morgan fingerprint density at radius 2 is 1.96 bits per heavy atom. The summed E-state index contributed by atoms with van der Waals surface area (Å²) in [6.07, 6.45) is 1.57. The number of nitrogens with one attached hydrogen (secondary N) is 1. The van der Waals surface area contributed by atoms with Crippen molar-refractivity contribution < 1.29 is 9.47 Å². The average molecular weight is 340 g/mol. The maximum absolute atomic E-state index is 12.7. The second-order valence-corrected chi connectivity index (χ2v) is 5.94. The lowest BCUT2D eigenvalue weighted by Crippen LogP contribution is -2.14. The molecule has 0 saturated heterocycles. The Bertz CT molecular complexity index is 1180. The van der Waals surface area contributed by atoms with Gasteiger partial charge in [0.25, 0.3) is 5.56 Å². The lowest BCUT2D eigenvalue weighted by atomic mass is 10.1. The van der Waals surface area contributed by atoms with Crippen molar-refractivity contribution in [2.75, 3.05) is 6.79 Å². The van der Waals surface area contributed by atoms with Crippen LogP contribution in [-0.4, -0.2) is 21.6 Å². The topological polar surface area (TPSA) is 69.1 Å². The Balaban J connectivity index is 1.84. The summed E-state index contributed by atoms with van der Waals surface area (Å²) in [5.74, 6) is 1.30. The fourth-order valence-corrected chi connectivity index (χ4v) is 3.13. The summed E-state index contributed by atoms with van der Waals surface area (Å²) in [5.41, 5.74) is 1.91. The predicted octanol–water partition coefficient (Wildman–Crippen LogP) is 3.25. The van der Waals surface area contributed by atoms with Gasteiger partial charge in [-0.15, -0.1) is 0 Å². The molecule has 2 aromatic heterocycles. The molecule has 3 heterocycles. The van der Waals surface area contributed by atoms with E-state index >= 15 is 0 Å². The monoisotopic (exact) mass is 339 g/mol. The molecule has 0 aliphatic carbocycles. The number of fused-ring (bicyclic) bond motifs is 4. The third kappa shape index (κ3) is 1.83. The third-order valence-corrected chi connectivity index (χ3v) is 4.32. The molecule has 118 valence electrons. The number of halogens is 1. The number of benzene rings is 2. The van der Waals surface area contributed by atoms with Crippen molar-refractivity contribution in [3.8, 4) is 17.2 Å². The van der Waals surface area contributed by atoms with Crippen LogP contribution >= 0.6 is 11.6 Å². The van der Waals surface area contributed by atoms with Gasteiger partial charge in [0.1, 0.15) is 0 Å². The average Bonchev–Trinajstić information content (AvgIpc) is 3.17. The van der Waals surface area contributed by atoms with E-state index in [-0.39, 0.29) is 12.4 Å². The molecule has 0 atom stereocenters. The second kappa shape index (κ2) is 4.75. The fraction of sp³-hybridized carbons (Fsp3) is 0.0588. The lowest BCUT2D eigenvalue weighted by molar-refractivity contribution is 0.174. The Labute approximate surface area is 140 Å². The normalized spacial score (nSPS) is 13.0. The molecule has 1 aliphatic rings. The quantitative estimate of drug-likeness (QED) is 0.578. The lowest BCUT2D eigenvalue weighted by Gasteiger charge is -2.02. The number of pyridine rings is 1. The number of hydrogen-bond acceptors (Lipinski definition) is 4. The molecule has 0 unspecified atom stereocenters. The first-order chi connectivity index (χ1) is 11.7. The van der Waals surface area contributed by atoms with E-state index in [1.54, 1.807) is 24.4 Å². The second-order valence-electron chi connectivity index (χ2n) is 5.50. The number of nitrogens with zero attached hydrogens (tertiary/aromatic N) is 2. The van der Waals surface area contributed by atoms with Gasteiger partial charge in [0.2, 0.25) is 6.79 Å². The number of hydrogen-bond donors (Lipinski definition) is 1. The van der Waals surface area contributed by atoms with Gasteiger partial charge in [0.05, 0.1) is 22.1 Å². The van der Waals surface area contributed by atoms with Crippen LogP contribution in [-0.2, 0) is 0 Å². The first-order valence-electron chi connectivity index (χ1n) is 7.30.